The van der Waals surface area contributed by atoms with Crippen LogP contribution in [0.3, 0.4) is 0 Å². The number of fused-ring (bicyclic) bond motifs is 3. The van der Waals surface area contributed by atoms with Crippen molar-refractivity contribution in [2.45, 2.75) is 39.4 Å². The predicted octanol–water partition coefficient (Wildman–Crippen LogP) is 3.80. The van der Waals surface area contributed by atoms with Crippen molar-refractivity contribution in [2.24, 2.45) is 0 Å². The highest BCUT2D eigenvalue weighted by Crippen LogP contribution is 2.37. The van der Waals surface area contributed by atoms with Gasteiger partial charge in [0.2, 0.25) is 5.91 Å². The molecule has 1 aromatic carbocycles. The number of amides is 1. The summed E-state index contributed by atoms with van der Waals surface area (Å²) in [5.74, 6) is 1.12. The molecule has 3 aromatic heterocycles. The van der Waals surface area contributed by atoms with E-state index in [2.05, 4.69) is 34.1 Å². The Bertz CT molecular complexity index is 1360. The van der Waals surface area contributed by atoms with Gasteiger partial charge in [-0.2, -0.15) is 0 Å². The van der Waals surface area contributed by atoms with Crippen LogP contribution in [0, 0.1) is 0 Å². The van der Waals surface area contributed by atoms with Crippen molar-refractivity contribution < 1.29 is 14.3 Å². The minimum Gasteiger partial charge on any atom is -0.494 e. The fraction of sp³-hybridized carbons (Fsp3) is 0.304. The lowest BCUT2D eigenvalue weighted by Crippen LogP contribution is -2.15. The molecule has 0 atom stereocenters. The van der Waals surface area contributed by atoms with Gasteiger partial charge in [0.25, 0.3) is 0 Å². The van der Waals surface area contributed by atoms with E-state index in [0.29, 0.717) is 36.4 Å². The minimum atomic E-state index is -0.153. The highest BCUT2D eigenvalue weighted by atomic mass is 32.1. The van der Waals surface area contributed by atoms with Crippen molar-refractivity contribution >= 4 is 39.8 Å². The van der Waals surface area contributed by atoms with E-state index in [1.165, 1.54) is 6.33 Å². The number of carbonyl (C=O) groups excluding carboxylic acids is 1. The zero-order valence-corrected chi connectivity index (χ0v) is 19.4. The zero-order chi connectivity index (χ0) is 23.1. The molecule has 0 spiro atoms. The van der Waals surface area contributed by atoms with Crippen molar-refractivity contribution in [1.82, 2.24) is 19.5 Å². The molecule has 9 nitrogen and oxygen atoms in total. The monoisotopic (exact) mass is 464 g/mol. The number of nitrogens with one attached hydrogen (secondary N) is 1. The van der Waals surface area contributed by atoms with Gasteiger partial charge in [-0.1, -0.05) is 13.8 Å². The molecule has 0 saturated heterocycles. The number of methoxy groups -OCH3 is 1. The molecule has 0 aliphatic carbocycles. The lowest BCUT2D eigenvalue weighted by molar-refractivity contribution is -0.115. The van der Waals surface area contributed by atoms with E-state index in [4.69, 9.17) is 15.2 Å². The first-order chi connectivity index (χ1) is 16.0. The number of aromatic nitrogens is 4. The van der Waals surface area contributed by atoms with Crippen molar-refractivity contribution in [1.29, 1.82) is 0 Å². The SMILES string of the molecule is COc1cc(-n2c3c(c4ncnc(N)c42)COC3)ccc1NC(=O)Cc1csc(C(C)C)n1. The molecule has 33 heavy (non-hydrogen) atoms. The van der Waals surface area contributed by atoms with Gasteiger partial charge in [-0.3, -0.25) is 4.79 Å². The Labute approximate surface area is 194 Å². The van der Waals surface area contributed by atoms with E-state index in [-0.39, 0.29) is 12.3 Å². The second-order valence-corrected chi connectivity index (χ2v) is 9.04. The summed E-state index contributed by atoms with van der Waals surface area (Å²) in [6.07, 6.45) is 1.67. The van der Waals surface area contributed by atoms with Crippen LogP contribution in [-0.2, 0) is 29.2 Å². The Hall–Kier alpha value is -3.50. The van der Waals surface area contributed by atoms with Crippen molar-refractivity contribution in [3.8, 4) is 11.4 Å². The number of nitrogens with zero attached hydrogens (tertiary/aromatic N) is 4. The van der Waals surface area contributed by atoms with E-state index in [1.54, 1.807) is 18.4 Å². The number of hydrogen-bond donors (Lipinski definition) is 2. The number of anilines is 2. The molecular formula is C23H24N6O3S. The fourth-order valence-corrected chi connectivity index (χ4v) is 4.86. The largest absolute Gasteiger partial charge is 0.494 e. The highest BCUT2D eigenvalue weighted by molar-refractivity contribution is 7.09. The van der Waals surface area contributed by atoms with E-state index >= 15 is 0 Å². The van der Waals surface area contributed by atoms with Crippen LogP contribution >= 0.6 is 11.3 Å². The zero-order valence-electron chi connectivity index (χ0n) is 18.6. The van der Waals surface area contributed by atoms with Gasteiger partial charge in [0.05, 0.1) is 48.8 Å². The van der Waals surface area contributed by atoms with Gasteiger partial charge < -0.3 is 25.1 Å². The number of nitrogens with two attached hydrogens (primary N) is 1. The molecule has 1 aliphatic rings. The molecule has 0 bridgehead atoms. The molecule has 0 saturated carbocycles. The molecule has 4 aromatic rings. The molecule has 0 fully saturated rings. The van der Waals surface area contributed by atoms with Gasteiger partial charge in [-0.25, -0.2) is 15.0 Å². The lowest BCUT2D eigenvalue weighted by Gasteiger charge is -2.15. The molecule has 5 rings (SSSR count). The van der Waals surface area contributed by atoms with Crippen molar-refractivity contribution in [3.63, 3.8) is 0 Å². The molecule has 170 valence electrons. The maximum atomic E-state index is 12.7. The third kappa shape index (κ3) is 3.81. The molecule has 1 aliphatic heterocycles. The minimum absolute atomic E-state index is 0.153. The number of nitrogen functional groups attached to an aromatic ring is 1. The van der Waals surface area contributed by atoms with Gasteiger partial charge in [0.15, 0.2) is 5.82 Å². The van der Waals surface area contributed by atoms with Crippen molar-refractivity contribution in [3.05, 3.63) is 51.9 Å². The van der Waals surface area contributed by atoms with Gasteiger partial charge in [-0.05, 0) is 12.1 Å². The number of hydrogen-bond acceptors (Lipinski definition) is 8. The lowest BCUT2D eigenvalue weighted by atomic mass is 10.2. The molecule has 10 heteroatoms. The quantitative estimate of drug-likeness (QED) is 0.446. The molecule has 0 radical (unpaired) electrons. The van der Waals surface area contributed by atoms with Crippen LogP contribution in [0.25, 0.3) is 16.7 Å². The number of thiazole rings is 1. The third-order valence-corrected chi connectivity index (χ3v) is 6.78. The van der Waals surface area contributed by atoms with Crippen LogP contribution in [0.5, 0.6) is 5.75 Å². The van der Waals surface area contributed by atoms with Crippen LogP contribution in [0.15, 0.2) is 29.9 Å². The summed E-state index contributed by atoms with van der Waals surface area (Å²) in [4.78, 5) is 25.8. The van der Waals surface area contributed by atoms with Crippen LogP contribution in [0.1, 0.15) is 41.7 Å². The Morgan fingerprint density at radius 2 is 2.18 bits per heavy atom. The summed E-state index contributed by atoms with van der Waals surface area (Å²) in [7, 11) is 1.57. The summed E-state index contributed by atoms with van der Waals surface area (Å²) in [6, 6.07) is 5.59. The number of carbonyl (C=O) groups is 1. The van der Waals surface area contributed by atoms with Gasteiger partial charge in [-0.15, -0.1) is 11.3 Å². The standard InChI is InChI=1S/C23H24N6O3S/c1-12(2)23-27-13(10-33-23)6-19(30)28-16-5-4-14(7-18(16)31-3)29-17-9-32-8-15(17)20-21(29)22(24)26-11-25-20/h4-5,7,10-12H,6,8-9H2,1-3H3,(H,28,30)(H2,24,25,26). The summed E-state index contributed by atoms with van der Waals surface area (Å²) < 4.78 is 13.3. The van der Waals surface area contributed by atoms with Crippen molar-refractivity contribution in [2.75, 3.05) is 18.2 Å². The number of ether oxygens (including phenoxy) is 2. The maximum absolute atomic E-state index is 12.7. The Morgan fingerprint density at radius 3 is 2.94 bits per heavy atom. The predicted molar refractivity (Wildman–Crippen MR) is 127 cm³/mol. The number of rotatable bonds is 6. The topological polar surface area (TPSA) is 117 Å². The van der Waals surface area contributed by atoms with E-state index in [0.717, 1.165) is 38.7 Å². The van der Waals surface area contributed by atoms with Gasteiger partial charge in [0, 0.05) is 28.6 Å². The Balaban J connectivity index is 1.45. The summed E-state index contributed by atoms with van der Waals surface area (Å²) >= 11 is 1.58. The Kier molecular flexibility index (Phi) is 5.47. The smallest absolute Gasteiger partial charge is 0.230 e. The molecule has 0 unspecified atom stereocenters. The first kappa shape index (κ1) is 21.4. The average molecular weight is 465 g/mol. The summed E-state index contributed by atoms with van der Waals surface area (Å²) in [5.41, 5.74) is 11.9. The second kappa shape index (κ2) is 8.45. The Morgan fingerprint density at radius 1 is 1.33 bits per heavy atom. The summed E-state index contributed by atoms with van der Waals surface area (Å²) in [6.45, 7) is 5.11. The van der Waals surface area contributed by atoms with Gasteiger partial charge >= 0.3 is 0 Å². The second-order valence-electron chi connectivity index (χ2n) is 8.15. The average Bonchev–Trinajstić information content (AvgIpc) is 3.51. The normalized spacial score (nSPS) is 13.0. The van der Waals surface area contributed by atoms with Crippen LogP contribution < -0.4 is 15.8 Å². The van der Waals surface area contributed by atoms with Crippen LogP contribution in [0.4, 0.5) is 11.5 Å². The van der Waals surface area contributed by atoms with E-state index < -0.39 is 0 Å². The van der Waals surface area contributed by atoms with Crippen LogP contribution in [0.2, 0.25) is 0 Å². The summed E-state index contributed by atoms with van der Waals surface area (Å²) in [5, 5.41) is 5.90. The first-order valence-corrected chi connectivity index (χ1v) is 11.5. The maximum Gasteiger partial charge on any atom is 0.230 e. The van der Waals surface area contributed by atoms with E-state index in [9.17, 15) is 4.79 Å². The van der Waals surface area contributed by atoms with Gasteiger partial charge in [0.1, 0.15) is 23.1 Å². The third-order valence-electron chi connectivity index (χ3n) is 5.59. The van der Waals surface area contributed by atoms with E-state index in [1.807, 2.05) is 28.1 Å². The molecular weight excluding hydrogens is 440 g/mol. The first-order valence-electron chi connectivity index (χ1n) is 10.6. The molecule has 3 N–H and O–H groups in total. The van der Waals surface area contributed by atoms with Crippen LogP contribution in [-0.4, -0.2) is 32.5 Å². The highest BCUT2D eigenvalue weighted by Gasteiger charge is 2.26. The molecule has 1 amide bonds. The number of benzene rings is 1. The molecule has 4 heterocycles. The fourth-order valence-electron chi connectivity index (χ4n) is 4.03.